The topological polar surface area (TPSA) is 91.6 Å². The zero-order valence-electron chi connectivity index (χ0n) is 10.9. The molecule has 0 aliphatic heterocycles. The molecule has 0 aliphatic rings. The van der Waals surface area contributed by atoms with Gasteiger partial charge >= 0.3 is 12.0 Å². The highest BCUT2D eigenvalue weighted by Gasteiger charge is 2.09. The van der Waals surface area contributed by atoms with Crippen LogP contribution in [0.3, 0.4) is 0 Å². The minimum absolute atomic E-state index is 0.0578. The zero-order valence-corrected chi connectivity index (χ0v) is 10.9. The summed E-state index contributed by atoms with van der Waals surface area (Å²) < 4.78 is 17.9. The standard InChI is InChI=1S/C14H13FN2O4/c15-10-3-1-2-9(6-10)7-16-14(20)17-8-11-4-5-12(21-11)13(18)19/h1-6H,7-8H2,(H,18,19)(H2,16,17,20). The van der Waals surface area contributed by atoms with Crippen LogP contribution in [0.1, 0.15) is 21.9 Å². The number of halogens is 1. The lowest BCUT2D eigenvalue weighted by atomic mass is 10.2. The Kier molecular flexibility index (Phi) is 4.55. The molecule has 0 spiro atoms. The number of urea groups is 1. The normalized spacial score (nSPS) is 10.1. The second-order valence-electron chi connectivity index (χ2n) is 4.24. The quantitative estimate of drug-likeness (QED) is 0.787. The summed E-state index contributed by atoms with van der Waals surface area (Å²) in [5.74, 6) is -1.40. The molecule has 2 rings (SSSR count). The highest BCUT2D eigenvalue weighted by Crippen LogP contribution is 2.07. The zero-order chi connectivity index (χ0) is 15.2. The predicted octanol–water partition coefficient (Wildman–Crippen LogP) is 2.12. The Morgan fingerprint density at radius 1 is 1.14 bits per heavy atom. The van der Waals surface area contributed by atoms with Crippen LogP contribution in [-0.2, 0) is 13.1 Å². The molecule has 3 N–H and O–H groups in total. The van der Waals surface area contributed by atoms with Gasteiger partial charge in [0.05, 0.1) is 6.54 Å². The van der Waals surface area contributed by atoms with Gasteiger partial charge < -0.3 is 20.2 Å². The molecule has 0 atom stereocenters. The van der Waals surface area contributed by atoms with Crippen LogP contribution in [0, 0.1) is 5.82 Å². The Labute approximate surface area is 119 Å². The number of furan rings is 1. The van der Waals surface area contributed by atoms with Crippen molar-refractivity contribution in [3.63, 3.8) is 0 Å². The van der Waals surface area contributed by atoms with Crippen LogP contribution in [-0.4, -0.2) is 17.1 Å². The molecule has 1 aromatic heterocycles. The molecule has 0 bridgehead atoms. The Morgan fingerprint density at radius 3 is 2.57 bits per heavy atom. The number of carboxylic acids is 1. The van der Waals surface area contributed by atoms with E-state index in [0.717, 1.165) is 0 Å². The van der Waals surface area contributed by atoms with E-state index in [1.54, 1.807) is 12.1 Å². The maximum Gasteiger partial charge on any atom is 0.371 e. The van der Waals surface area contributed by atoms with E-state index in [9.17, 15) is 14.0 Å². The first kappa shape index (κ1) is 14.6. The van der Waals surface area contributed by atoms with Crippen LogP contribution in [0.15, 0.2) is 40.8 Å². The third-order valence-electron chi connectivity index (χ3n) is 2.64. The summed E-state index contributed by atoms with van der Waals surface area (Å²) in [6.07, 6.45) is 0. The summed E-state index contributed by atoms with van der Waals surface area (Å²) in [6.45, 7) is 0.240. The fourth-order valence-corrected chi connectivity index (χ4v) is 1.65. The number of amides is 2. The molecule has 1 aromatic carbocycles. The average Bonchev–Trinajstić information content (AvgIpc) is 2.92. The first-order chi connectivity index (χ1) is 10.0. The molecule has 2 amide bonds. The van der Waals surface area contributed by atoms with Gasteiger partial charge in [-0.25, -0.2) is 14.0 Å². The number of hydrogen-bond donors (Lipinski definition) is 3. The number of rotatable bonds is 5. The predicted molar refractivity (Wildman–Crippen MR) is 71.1 cm³/mol. The summed E-state index contributed by atoms with van der Waals surface area (Å²) in [5.41, 5.74) is 0.635. The van der Waals surface area contributed by atoms with E-state index in [0.29, 0.717) is 11.3 Å². The molecule has 0 saturated carbocycles. The number of carbonyl (C=O) groups is 2. The fraction of sp³-hybridized carbons (Fsp3) is 0.143. The molecule has 0 aliphatic carbocycles. The van der Waals surface area contributed by atoms with E-state index in [4.69, 9.17) is 9.52 Å². The maximum atomic E-state index is 12.9. The van der Waals surface area contributed by atoms with Crippen LogP contribution in [0.4, 0.5) is 9.18 Å². The molecule has 0 fully saturated rings. The van der Waals surface area contributed by atoms with E-state index < -0.39 is 12.0 Å². The Morgan fingerprint density at radius 2 is 1.90 bits per heavy atom. The minimum atomic E-state index is -1.17. The molecule has 21 heavy (non-hydrogen) atoms. The van der Waals surface area contributed by atoms with Gasteiger partial charge in [-0.3, -0.25) is 0 Å². The van der Waals surface area contributed by atoms with Gasteiger partial charge in [0.25, 0.3) is 0 Å². The van der Waals surface area contributed by atoms with E-state index >= 15 is 0 Å². The van der Waals surface area contributed by atoms with Crippen molar-refractivity contribution >= 4 is 12.0 Å². The van der Waals surface area contributed by atoms with Gasteiger partial charge in [0.1, 0.15) is 11.6 Å². The van der Waals surface area contributed by atoms with Gasteiger partial charge in [0.15, 0.2) is 0 Å². The van der Waals surface area contributed by atoms with Crippen molar-refractivity contribution in [3.8, 4) is 0 Å². The lowest BCUT2D eigenvalue weighted by Crippen LogP contribution is -2.34. The van der Waals surface area contributed by atoms with Crippen LogP contribution >= 0.6 is 0 Å². The summed E-state index contributed by atoms with van der Waals surface area (Å²) in [7, 11) is 0. The number of nitrogens with one attached hydrogen (secondary N) is 2. The van der Waals surface area contributed by atoms with Gasteiger partial charge in [-0.2, -0.15) is 0 Å². The Bertz CT molecular complexity index is 654. The average molecular weight is 292 g/mol. The summed E-state index contributed by atoms with van der Waals surface area (Å²) in [5, 5.41) is 13.7. The third-order valence-corrected chi connectivity index (χ3v) is 2.64. The van der Waals surface area contributed by atoms with Crippen LogP contribution in [0.25, 0.3) is 0 Å². The Balaban J connectivity index is 1.78. The largest absolute Gasteiger partial charge is 0.475 e. The summed E-state index contributed by atoms with van der Waals surface area (Å²) >= 11 is 0. The van der Waals surface area contributed by atoms with E-state index in [2.05, 4.69) is 10.6 Å². The lowest BCUT2D eigenvalue weighted by Gasteiger charge is -2.06. The molecule has 110 valence electrons. The minimum Gasteiger partial charge on any atom is -0.475 e. The molecule has 0 unspecified atom stereocenters. The number of carbonyl (C=O) groups excluding carboxylic acids is 1. The van der Waals surface area contributed by atoms with E-state index in [1.165, 1.54) is 24.3 Å². The van der Waals surface area contributed by atoms with Crippen molar-refractivity contribution in [2.24, 2.45) is 0 Å². The molecular formula is C14H13FN2O4. The first-order valence-corrected chi connectivity index (χ1v) is 6.13. The SMILES string of the molecule is O=C(NCc1cccc(F)c1)NCc1ccc(C(=O)O)o1. The van der Waals surface area contributed by atoms with Gasteiger partial charge in [-0.1, -0.05) is 12.1 Å². The van der Waals surface area contributed by atoms with Gasteiger partial charge in [0.2, 0.25) is 5.76 Å². The molecule has 6 nitrogen and oxygen atoms in total. The van der Waals surface area contributed by atoms with Gasteiger partial charge in [0, 0.05) is 6.54 Å². The summed E-state index contributed by atoms with van der Waals surface area (Å²) in [4.78, 5) is 22.2. The smallest absolute Gasteiger partial charge is 0.371 e. The molecule has 1 heterocycles. The van der Waals surface area contributed by atoms with Crippen LogP contribution in [0.2, 0.25) is 0 Å². The van der Waals surface area contributed by atoms with E-state index in [1.807, 2.05) is 0 Å². The highest BCUT2D eigenvalue weighted by atomic mass is 19.1. The van der Waals surface area contributed by atoms with Gasteiger partial charge in [-0.15, -0.1) is 0 Å². The van der Waals surface area contributed by atoms with Crippen molar-refractivity contribution in [2.75, 3.05) is 0 Å². The summed E-state index contributed by atoms with van der Waals surface area (Å²) in [6, 6.07) is 8.20. The van der Waals surface area contributed by atoms with Crippen LogP contribution < -0.4 is 10.6 Å². The molecule has 0 saturated heterocycles. The molecule has 0 radical (unpaired) electrons. The molecule has 2 aromatic rings. The third kappa shape index (κ3) is 4.34. The Hall–Kier alpha value is -2.83. The maximum absolute atomic E-state index is 12.9. The first-order valence-electron chi connectivity index (χ1n) is 6.13. The van der Waals surface area contributed by atoms with Crippen molar-refractivity contribution < 1.29 is 23.5 Å². The molecular weight excluding hydrogens is 279 g/mol. The number of benzene rings is 1. The highest BCUT2D eigenvalue weighted by molar-refractivity contribution is 5.84. The molecule has 7 heteroatoms. The van der Waals surface area contributed by atoms with Crippen LogP contribution in [0.5, 0.6) is 0 Å². The second kappa shape index (κ2) is 6.56. The number of carboxylic acid groups (broad SMARTS) is 1. The number of hydrogen-bond acceptors (Lipinski definition) is 3. The lowest BCUT2D eigenvalue weighted by molar-refractivity contribution is 0.0660. The monoisotopic (exact) mass is 292 g/mol. The fourth-order valence-electron chi connectivity index (χ4n) is 1.65. The van der Waals surface area contributed by atoms with Crippen molar-refractivity contribution in [2.45, 2.75) is 13.1 Å². The van der Waals surface area contributed by atoms with Crippen molar-refractivity contribution in [3.05, 3.63) is 59.3 Å². The van der Waals surface area contributed by atoms with E-state index in [-0.39, 0.29) is 24.7 Å². The number of aromatic carboxylic acids is 1. The second-order valence-corrected chi connectivity index (χ2v) is 4.24. The van der Waals surface area contributed by atoms with Crippen molar-refractivity contribution in [1.82, 2.24) is 10.6 Å². The van der Waals surface area contributed by atoms with Gasteiger partial charge in [-0.05, 0) is 29.8 Å². The van der Waals surface area contributed by atoms with Crippen molar-refractivity contribution in [1.29, 1.82) is 0 Å².